The van der Waals surface area contributed by atoms with Gasteiger partial charge in [0.2, 0.25) is 0 Å². The van der Waals surface area contributed by atoms with Gasteiger partial charge in [-0.05, 0) is 61.8 Å². The van der Waals surface area contributed by atoms with Gasteiger partial charge in [-0.25, -0.2) is 0 Å². The number of hydrogen-bond acceptors (Lipinski definition) is 6. The second-order valence-corrected chi connectivity index (χ2v) is 13.2. The zero-order chi connectivity index (χ0) is 25.5. The highest BCUT2D eigenvalue weighted by Gasteiger charge is 2.56. The number of allylic oxidation sites excluding steroid dienone is 1. The summed E-state index contributed by atoms with van der Waals surface area (Å²) in [4.78, 5) is 40.0. The number of benzene rings is 1. The normalized spacial score (nSPS) is 34.7. The average Bonchev–Trinajstić information content (AvgIpc) is 3.11. The van der Waals surface area contributed by atoms with Crippen molar-refractivity contribution < 1.29 is 24.2 Å². The molecule has 0 heterocycles. The summed E-state index contributed by atoms with van der Waals surface area (Å²) in [6.45, 7) is 7.48. The Kier molecular flexibility index (Phi) is 7.71. The molecule has 0 radical (unpaired) electrons. The maximum absolute atomic E-state index is 13.7. The van der Waals surface area contributed by atoms with Gasteiger partial charge < -0.3 is 9.84 Å². The van der Waals surface area contributed by atoms with Crippen LogP contribution in [0.1, 0.15) is 59.8 Å². The molecule has 5 nitrogen and oxygen atoms in total. The number of Topliss-reactive ketones (excluding diaryl/α,β-unsaturated/α-hetero) is 2. The summed E-state index contributed by atoms with van der Waals surface area (Å²) < 4.78 is 6.67. The van der Waals surface area contributed by atoms with E-state index in [4.69, 9.17) is 4.74 Å². The van der Waals surface area contributed by atoms with Gasteiger partial charge in [0.1, 0.15) is 11.9 Å². The number of carbonyl (C=O) groups is 3. The molecular weight excluding hydrogens is 528 g/mol. The Morgan fingerprint density at radius 2 is 1.86 bits per heavy atom. The van der Waals surface area contributed by atoms with E-state index in [1.165, 1.54) is 6.92 Å². The lowest BCUT2D eigenvalue weighted by Gasteiger charge is -2.54. The minimum atomic E-state index is -0.932. The largest absolute Gasteiger partial charge is 0.462 e. The molecule has 0 aliphatic heterocycles. The standard InChI is InChI=1S/C28H35BrO5S/c1-16(30)34-25-11-12-28(4)23(27(25,2)3)14-22(31)20-13-17(5-10-24(28)32)21(26(20)33)15-35-19-8-6-18(29)7-9-19/h6-9,13,17,21-23,25,31H,5,10-12,14-15H2,1-4H3. The fraction of sp³-hybridized carbons (Fsp3) is 0.607. The van der Waals surface area contributed by atoms with Crippen molar-refractivity contribution in [2.45, 2.75) is 76.9 Å². The lowest BCUT2D eigenvalue weighted by atomic mass is 9.52. The van der Waals surface area contributed by atoms with Crippen LogP contribution in [0, 0.1) is 28.6 Å². The topological polar surface area (TPSA) is 80.7 Å². The smallest absolute Gasteiger partial charge is 0.302 e. The number of aliphatic hydroxyl groups excluding tert-OH is 1. The number of ether oxygens (including phenoxy) is 1. The lowest BCUT2D eigenvalue weighted by molar-refractivity contribution is -0.173. The summed E-state index contributed by atoms with van der Waals surface area (Å²) in [6, 6.07) is 8.02. The van der Waals surface area contributed by atoms with E-state index >= 15 is 0 Å². The van der Waals surface area contributed by atoms with Gasteiger partial charge in [-0.1, -0.05) is 42.8 Å². The molecule has 190 valence electrons. The molecular formula is C28H35BrO5S. The first-order valence-corrected chi connectivity index (χ1v) is 14.2. The van der Waals surface area contributed by atoms with Gasteiger partial charge in [-0.15, -0.1) is 11.8 Å². The van der Waals surface area contributed by atoms with Gasteiger partial charge in [0.25, 0.3) is 0 Å². The Hall–Kier alpha value is -1.44. The maximum atomic E-state index is 13.7. The molecule has 1 aromatic carbocycles. The number of fused-ring (bicyclic) bond motifs is 2. The second-order valence-electron chi connectivity index (χ2n) is 11.2. The highest BCUT2D eigenvalue weighted by molar-refractivity contribution is 9.10. The van der Waals surface area contributed by atoms with Crippen LogP contribution < -0.4 is 0 Å². The fourth-order valence-corrected chi connectivity index (χ4v) is 7.94. The van der Waals surface area contributed by atoms with E-state index in [0.717, 1.165) is 9.37 Å². The maximum Gasteiger partial charge on any atom is 0.302 e. The Morgan fingerprint density at radius 1 is 1.17 bits per heavy atom. The minimum Gasteiger partial charge on any atom is -0.462 e. The van der Waals surface area contributed by atoms with Crippen molar-refractivity contribution in [3.63, 3.8) is 0 Å². The Morgan fingerprint density at radius 3 is 2.51 bits per heavy atom. The fourth-order valence-electron chi connectivity index (χ4n) is 6.58. The van der Waals surface area contributed by atoms with Gasteiger partial charge in [0, 0.05) is 50.8 Å². The Labute approximate surface area is 220 Å². The highest BCUT2D eigenvalue weighted by Crippen LogP contribution is 2.56. The first kappa shape index (κ1) is 26.6. The van der Waals surface area contributed by atoms with E-state index in [2.05, 4.69) is 15.9 Å². The van der Waals surface area contributed by atoms with Crippen molar-refractivity contribution in [3.05, 3.63) is 40.4 Å². The van der Waals surface area contributed by atoms with Crippen molar-refractivity contribution in [3.8, 4) is 0 Å². The molecule has 3 aliphatic rings. The number of rotatable bonds is 4. The van der Waals surface area contributed by atoms with Crippen LogP contribution in [-0.4, -0.2) is 40.6 Å². The summed E-state index contributed by atoms with van der Waals surface area (Å²) in [5, 5.41) is 11.3. The van der Waals surface area contributed by atoms with Crippen molar-refractivity contribution in [2.24, 2.45) is 28.6 Å². The van der Waals surface area contributed by atoms with Gasteiger partial charge >= 0.3 is 5.97 Å². The highest BCUT2D eigenvalue weighted by atomic mass is 79.9. The van der Waals surface area contributed by atoms with Crippen LogP contribution in [0.2, 0.25) is 0 Å². The Balaban J connectivity index is 1.59. The van der Waals surface area contributed by atoms with Gasteiger partial charge in [-0.2, -0.15) is 0 Å². The van der Waals surface area contributed by atoms with Crippen LogP contribution in [0.5, 0.6) is 0 Å². The number of thioether (sulfide) groups is 1. The van der Waals surface area contributed by atoms with E-state index in [-0.39, 0.29) is 41.4 Å². The number of ketones is 2. The molecule has 0 spiro atoms. The second kappa shape index (κ2) is 10.1. The van der Waals surface area contributed by atoms with E-state index < -0.39 is 16.9 Å². The molecule has 2 bridgehead atoms. The average molecular weight is 564 g/mol. The third-order valence-corrected chi connectivity index (χ3v) is 10.3. The molecule has 1 aromatic rings. The number of aliphatic hydroxyl groups is 1. The molecule has 1 fully saturated rings. The predicted molar refractivity (Wildman–Crippen MR) is 140 cm³/mol. The molecule has 6 atom stereocenters. The molecule has 1 N–H and O–H groups in total. The van der Waals surface area contributed by atoms with Crippen LogP contribution in [0.4, 0.5) is 0 Å². The summed E-state index contributed by atoms with van der Waals surface area (Å²) in [5.74, 6) is -0.00126. The van der Waals surface area contributed by atoms with Crippen LogP contribution >= 0.6 is 27.7 Å². The number of carbonyl (C=O) groups excluding carboxylic acids is 3. The molecule has 7 heteroatoms. The van der Waals surface area contributed by atoms with Crippen LogP contribution in [0.25, 0.3) is 0 Å². The summed E-state index contributed by atoms with van der Waals surface area (Å²) in [6.07, 6.45) is 3.26. The quantitative estimate of drug-likeness (QED) is 0.370. The molecule has 6 unspecified atom stereocenters. The van der Waals surface area contributed by atoms with Gasteiger partial charge in [0.05, 0.1) is 6.10 Å². The van der Waals surface area contributed by atoms with Crippen molar-refractivity contribution >= 4 is 45.2 Å². The molecule has 35 heavy (non-hydrogen) atoms. The van der Waals surface area contributed by atoms with Crippen molar-refractivity contribution in [1.82, 2.24) is 0 Å². The number of halogens is 1. The van der Waals surface area contributed by atoms with Crippen LogP contribution in [-0.2, 0) is 19.1 Å². The van der Waals surface area contributed by atoms with Crippen molar-refractivity contribution in [1.29, 1.82) is 0 Å². The molecule has 0 aromatic heterocycles. The lowest BCUT2D eigenvalue weighted by Crippen LogP contribution is -2.55. The first-order chi connectivity index (χ1) is 16.4. The summed E-state index contributed by atoms with van der Waals surface area (Å²) >= 11 is 5.09. The molecule has 0 amide bonds. The van der Waals surface area contributed by atoms with E-state index in [0.29, 0.717) is 43.4 Å². The zero-order valence-corrected chi connectivity index (χ0v) is 23.3. The number of esters is 1. The Bertz CT molecular complexity index is 1030. The zero-order valence-electron chi connectivity index (χ0n) is 20.9. The predicted octanol–water partition coefficient (Wildman–Crippen LogP) is 5.77. The van der Waals surface area contributed by atoms with Gasteiger partial charge in [0.15, 0.2) is 5.78 Å². The summed E-state index contributed by atoms with van der Waals surface area (Å²) in [7, 11) is 0. The molecule has 1 saturated carbocycles. The third kappa shape index (κ3) is 5.19. The monoisotopic (exact) mass is 562 g/mol. The minimum absolute atomic E-state index is 0.00770. The van der Waals surface area contributed by atoms with E-state index in [1.807, 2.05) is 51.1 Å². The van der Waals surface area contributed by atoms with E-state index in [9.17, 15) is 19.5 Å². The van der Waals surface area contributed by atoms with Gasteiger partial charge in [-0.3, -0.25) is 14.4 Å². The van der Waals surface area contributed by atoms with Crippen molar-refractivity contribution in [2.75, 3.05) is 5.75 Å². The van der Waals surface area contributed by atoms with Crippen LogP contribution in [0.15, 0.2) is 45.3 Å². The van der Waals surface area contributed by atoms with E-state index in [1.54, 1.807) is 11.8 Å². The summed E-state index contributed by atoms with van der Waals surface area (Å²) in [5.41, 5.74) is -0.630. The first-order valence-electron chi connectivity index (χ1n) is 12.5. The molecule has 0 saturated heterocycles. The molecule has 3 aliphatic carbocycles. The number of hydrogen-bond donors (Lipinski definition) is 1. The van der Waals surface area contributed by atoms with Crippen LogP contribution in [0.3, 0.4) is 0 Å². The SMILES string of the molecule is CC(=O)OC1CCC2(C)C(=O)CCC3C=C(C(=O)C3CSc3ccc(Br)cc3)C(O)CC2C1(C)C. The molecule has 4 rings (SSSR count). The third-order valence-electron chi connectivity index (χ3n) is 8.67.